The first-order valence-corrected chi connectivity index (χ1v) is 16.8. The molecule has 5 rings (SSSR count). The monoisotopic (exact) mass is 698 g/mol. The standard InChI is InChI=1S/C30H34F8N4O4S/c1-29(2,3)46-28(45)41-16-18-13-23(18)25(41)27(44)42(21-4-6-22(7-5-21)47(34,35,36,37)38)24(17-12-19(31)15-39-14-17)26(43)40-20-8-10-30(32,33)11-9-20/h4-7,12,14-15,18,20,23-25H,8-11,13,16H2,1-3H3,(H,40,43)/t18-,23-,24?,25-/m1/s1. The number of ether oxygens (including phenoxy) is 1. The highest BCUT2D eigenvalue weighted by atomic mass is 32.5. The molecule has 3 amide bonds. The number of piperidine rings is 1. The first kappa shape index (κ1) is 34.7. The van der Waals surface area contributed by atoms with Gasteiger partial charge in [-0.15, -0.1) is 0 Å². The van der Waals surface area contributed by atoms with Gasteiger partial charge in [0.25, 0.3) is 5.91 Å². The SMILES string of the molecule is CC(C)(C)OC(=O)N1C[C@H]2C[C@H]2[C@@H]1C(=O)N(c1ccc(S(F)(F)(F)(F)F)cc1)C(C(=O)NC1CCC(F)(F)CC1)c1cncc(F)c1. The molecular weight excluding hydrogens is 664 g/mol. The molecule has 2 heterocycles. The number of likely N-dealkylation sites (tertiary alicyclic amines) is 1. The Hall–Kier alpha value is -3.63. The Morgan fingerprint density at radius 2 is 1.66 bits per heavy atom. The van der Waals surface area contributed by atoms with Crippen molar-refractivity contribution >= 4 is 33.8 Å². The van der Waals surface area contributed by atoms with Gasteiger partial charge in [-0.05, 0) is 82.2 Å². The number of carbonyl (C=O) groups excluding carboxylic acids is 3. The molecule has 3 aliphatic rings. The molecule has 2 aliphatic carbocycles. The van der Waals surface area contributed by atoms with E-state index >= 15 is 0 Å². The molecule has 0 bridgehead atoms. The summed E-state index contributed by atoms with van der Waals surface area (Å²) >= 11 is 0. The van der Waals surface area contributed by atoms with Gasteiger partial charge in [-0.25, -0.2) is 18.0 Å². The number of carbonyl (C=O) groups is 3. The number of halogens is 8. The number of fused-ring (bicyclic) bond motifs is 1. The van der Waals surface area contributed by atoms with Crippen molar-refractivity contribution in [1.29, 1.82) is 0 Å². The average Bonchev–Trinajstić information content (AvgIpc) is 3.59. The van der Waals surface area contributed by atoms with Gasteiger partial charge in [0, 0.05) is 42.9 Å². The lowest BCUT2D eigenvalue weighted by atomic mass is 9.91. The number of benzene rings is 1. The van der Waals surface area contributed by atoms with Crippen LogP contribution in [-0.2, 0) is 14.3 Å². The summed E-state index contributed by atoms with van der Waals surface area (Å²) in [6.45, 7) is 4.90. The molecular formula is C30H34F8N4O4S. The normalized spacial score (nSPS) is 24.7. The van der Waals surface area contributed by atoms with Crippen LogP contribution in [-0.4, -0.2) is 57.9 Å². The Bertz CT molecular complexity index is 1560. The summed E-state index contributed by atoms with van der Waals surface area (Å²) in [4.78, 5) is 45.1. The van der Waals surface area contributed by atoms with Crippen LogP contribution in [0, 0.1) is 17.7 Å². The number of nitrogens with one attached hydrogen (secondary N) is 1. The quantitative estimate of drug-likeness (QED) is 0.297. The molecule has 260 valence electrons. The number of hydrogen-bond donors (Lipinski definition) is 1. The van der Waals surface area contributed by atoms with E-state index in [-0.39, 0.29) is 43.0 Å². The lowest BCUT2D eigenvalue weighted by Gasteiger charge is -2.41. The molecule has 8 nitrogen and oxygen atoms in total. The minimum atomic E-state index is -10.2. The molecule has 1 saturated heterocycles. The third-order valence-corrected chi connectivity index (χ3v) is 9.60. The van der Waals surface area contributed by atoms with Gasteiger partial charge < -0.3 is 10.1 Å². The topological polar surface area (TPSA) is 91.8 Å². The third-order valence-electron chi connectivity index (χ3n) is 8.44. The van der Waals surface area contributed by atoms with Gasteiger partial charge >= 0.3 is 16.3 Å². The van der Waals surface area contributed by atoms with Crippen LogP contribution in [0.5, 0.6) is 0 Å². The van der Waals surface area contributed by atoms with Crippen molar-refractivity contribution in [1.82, 2.24) is 15.2 Å². The smallest absolute Gasteiger partial charge is 0.410 e. The Kier molecular flexibility index (Phi) is 8.09. The van der Waals surface area contributed by atoms with Crippen LogP contribution in [0.25, 0.3) is 0 Å². The number of nitrogens with zero attached hydrogens (tertiary/aromatic N) is 3. The molecule has 1 aromatic carbocycles. The summed E-state index contributed by atoms with van der Waals surface area (Å²) in [5.74, 6) is -6.42. The summed E-state index contributed by atoms with van der Waals surface area (Å²) in [5, 5.41) is 2.59. The van der Waals surface area contributed by atoms with Crippen LogP contribution in [0.1, 0.15) is 64.5 Å². The molecule has 17 heteroatoms. The van der Waals surface area contributed by atoms with Crippen LogP contribution in [0.4, 0.5) is 43.1 Å². The summed E-state index contributed by atoms with van der Waals surface area (Å²) in [6, 6.07) is -1.79. The lowest BCUT2D eigenvalue weighted by Crippen LogP contribution is -2.55. The summed E-state index contributed by atoms with van der Waals surface area (Å²) in [7, 11) is -10.2. The van der Waals surface area contributed by atoms with Gasteiger partial charge in [-0.2, -0.15) is 0 Å². The molecule has 4 atom stereocenters. The zero-order valence-electron chi connectivity index (χ0n) is 25.6. The number of amides is 3. The predicted octanol–water partition coefficient (Wildman–Crippen LogP) is 7.90. The molecule has 2 saturated carbocycles. The van der Waals surface area contributed by atoms with Gasteiger partial charge in [0.15, 0.2) is 0 Å². The molecule has 0 radical (unpaired) electrons. The van der Waals surface area contributed by atoms with E-state index in [1.165, 1.54) is 0 Å². The zero-order valence-corrected chi connectivity index (χ0v) is 26.4. The fourth-order valence-corrected chi connectivity index (χ4v) is 6.81. The van der Waals surface area contributed by atoms with Gasteiger partial charge in [-0.1, -0.05) is 19.4 Å². The van der Waals surface area contributed by atoms with Gasteiger partial charge in [0.2, 0.25) is 11.8 Å². The van der Waals surface area contributed by atoms with E-state index in [0.717, 1.165) is 28.3 Å². The minimum absolute atomic E-state index is 0.0688. The molecule has 1 N–H and O–H groups in total. The van der Waals surface area contributed by atoms with Crippen molar-refractivity contribution in [3.05, 3.63) is 54.1 Å². The molecule has 1 unspecified atom stereocenters. The second kappa shape index (κ2) is 11.0. The summed E-state index contributed by atoms with van der Waals surface area (Å²) < 4.78 is 116. The largest absolute Gasteiger partial charge is 0.444 e. The minimum Gasteiger partial charge on any atom is -0.444 e. The summed E-state index contributed by atoms with van der Waals surface area (Å²) in [6.07, 6.45) is 0.101. The average molecular weight is 699 g/mol. The third kappa shape index (κ3) is 7.92. The van der Waals surface area contributed by atoms with E-state index in [1.807, 2.05) is 0 Å². The van der Waals surface area contributed by atoms with Crippen molar-refractivity contribution in [3.63, 3.8) is 0 Å². The first-order valence-electron chi connectivity index (χ1n) is 14.9. The Balaban J connectivity index is 1.60. The van der Waals surface area contributed by atoms with Crippen LogP contribution in [0.2, 0.25) is 0 Å². The van der Waals surface area contributed by atoms with E-state index in [4.69, 9.17) is 4.74 Å². The zero-order chi connectivity index (χ0) is 34.8. The van der Waals surface area contributed by atoms with Crippen molar-refractivity contribution in [2.24, 2.45) is 11.8 Å². The first-order chi connectivity index (χ1) is 21.4. The Morgan fingerprint density at radius 3 is 2.21 bits per heavy atom. The molecule has 3 fully saturated rings. The Morgan fingerprint density at radius 1 is 1.04 bits per heavy atom. The van der Waals surface area contributed by atoms with Crippen molar-refractivity contribution in [2.45, 2.75) is 87.4 Å². The van der Waals surface area contributed by atoms with Crippen LogP contribution >= 0.6 is 10.2 Å². The highest BCUT2D eigenvalue weighted by molar-refractivity contribution is 8.45. The Labute approximate surface area is 265 Å². The van der Waals surface area contributed by atoms with E-state index in [0.29, 0.717) is 18.6 Å². The molecule has 1 aliphatic heterocycles. The lowest BCUT2D eigenvalue weighted by molar-refractivity contribution is -0.130. The van der Waals surface area contributed by atoms with Gasteiger partial charge in [0.05, 0.1) is 6.20 Å². The predicted molar refractivity (Wildman–Crippen MR) is 156 cm³/mol. The van der Waals surface area contributed by atoms with Crippen molar-refractivity contribution in [2.75, 3.05) is 11.4 Å². The van der Waals surface area contributed by atoms with Gasteiger partial charge in [-0.3, -0.25) is 24.4 Å². The maximum absolute atomic E-state index is 14.6. The van der Waals surface area contributed by atoms with Crippen LogP contribution < -0.4 is 10.2 Å². The highest BCUT2D eigenvalue weighted by Crippen LogP contribution is 3.02. The molecule has 2 aromatic rings. The van der Waals surface area contributed by atoms with E-state index in [2.05, 4.69) is 10.3 Å². The maximum atomic E-state index is 14.6. The van der Waals surface area contributed by atoms with Crippen LogP contribution in [0.3, 0.4) is 0 Å². The fraction of sp³-hybridized carbons (Fsp3) is 0.533. The van der Waals surface area contributed by atoms with E-state index in [9.17, 15) is 47.0 Å². The van der Waals surface area contributed by atoms with Crippen molar-refractivity contribution in [3.8, 4) is 0 Å². The maximum Gasteiger partial charge on any atom is 0.410 e. The number of pyridine rings is 1. The fourth-order valence-electron chi connectivity index (χ4n) is 6.16. The summed E-state index contributed by atoms with van der Waals surface area (Å²) in [5.41, 5.74) is -1.67. The number of hydrogen-bond acceptors (Lipinski definition) is 5. The van der Waals surface area contributed by atoms with E-state index < -0.39 is 92.9 Å². The highest BCUT2D eigenvalue weighted by Gasteiger charge is 2.65. The molecule has 1 aromatic heterocycles. The second-order valence-electron chi connectivity index (χ2n) is 13.4. The molecule has 0 spiro atoms. The number of rotatable bonds is 7. The van der Waals surface area contributed by atoms with Gasteiger partial charge in [0.1, 0.15) is 28.4 Å². The number of aromatic nitrogens is 1. The van der Waals surface area contributed by atoms with Crippen LogP contribution in [0.15, 0.2) is 47.6 Å². The molecule has 47 heavy (non-hydrogen) atoms. The number of alkyl halides is 2. The number of anilines is 1. The second-order valence-corrected chi connectivity index (χ2v) is 15.8. The van der Waals surface area contributed by atoms with Crippen molar-refractivity contribution < 1.29 is 51.7 Å². The van der Waals surface area contributed by atoms with E-state index in [1.54, 1.807) is 20.8 Å².